The fourth-order valence-corrected chi connectivity index (χ4v) is 1.84. The predicted octanol–water partition coefficient (Wildman–Crippen LogP) is -0.0487. The second kappa shape index (κ2) is 3.89. The van der Waals surface area contributed by atoms with Crippen molar-refractivity contribution in [1.82, 2.24) is 14.9 Å². The van der Waals surface area contributed by atoms with Gasteiger partial charge >= 0.3 is 0 Å². The summed E-state index contributed by atoms with van der Waals surface area (Å²) < 4.78 is 2.16. The second-order valence-corrected chi connectivity index (χ2v) is 3.56. The van der Waals surface area contributed by atoms with E-state index in [0.29, 0.717) is 6.54 Å². The second-order valence-electron chi connectivity index (χ2n) is 3.56. The molecule has 0 aromatic carbocycles. The lowest BCUT2D eigenvalue weighted by Gasteiger charge is -2.11. The Morgan fingerprint density at radius 3 is 3.31 bits per heavy atom. The zero-order valence-corrected chi connectivity index (χ0v) is 7.74. The monoisotopic (exact) mass is 180 g/mol. The van der Waals surface area contributed by atoms with Gasteiger partial charge in [0.1, 0.15) is 5.82 Å². The molecule has 0 bridgehead atoms. The third kappa shape index (κ3) is 1.89. The average Bonchev–Trinajstić information content (AvgIpc) is 2.76. The molecule has 2 rings (SSSR count). The fourth-order valence-electron chi connectivity index (χ4n) is 1.84. The van der Waals surface area contributed by atoms with E-state index in [2.05, 4.69) is 14.9 Å². The molecule has 0 aliphatic carbocycles. The van der Waals surface area contributed by atoms with Crippen LogP contribution in [0.15, 0.2) is 12.4 Å². The van der Waals surface area contributed by atoms with Crippen molar-refractivity contribution in [2.45, 2.75) is 19.5 Å². The maximum absolute atomic E-state index is 5.57. The van der Waals surface area contributed by atoms with Gasteiger partial charge in [0.25, 0.3) is 0 Å². The lowest BCUT2D eigenvalue weighted by molar-refractivity contribution is 0.469. The lowest BCUT2D eigenvalue weighted by Crippen LogP contribution is -2.16. The van der Waals surface area contributed by atoms with E-state index < -0.39 is 0 Å². The molecule has 2 heterocycles. The molecule has 0 spiro atoms. The van der Waals surface area contributed by atoms with Gasteiger partial charge in [0.05, 0.1) is 6.54 Å². The lowest BCUT2D eigenvalue weighted by atomic mass is 10.1. The Morgan fingerprint density at radius 2 is 2.62 bits per heavy atom. The van der Waals surface area contributed by atoms with Crippen molar-refractivity contribution in [3.63, 3.8) is 0 Å². The molecule has 1 saturated heterocycles. The van der Waals surface area contributed by atoms with Crippen LogP contribution < -0.4 is 11.1 Å². The van der Waals surface area contributed by atoms with E-state index in [9.17, 15) is 0 Å². The minimum Gasteiger partial charge on any atom is -0.334 e. The number of nitrogens with zero attached hydrogens (tertiary/aromatic N) is 2. The normalized spacial score (nSPS) is 22.4. The fraction of sp³-hybridized carbons (Fsp3) is 0.667. The molecule has 0 saturated carbocycles. The molecule has 4 heteroatoms. The van der Waals surface area contributed by atoms with Gasteiger partial charge in [-0.05, 0) is 25.4 Å². The van der Waals surface area contributed by atoms with E-state index in [-0.39, 0.29) is 0 Å². The first kappa shape index (κ1) is 8.72. The van der Waals surface area contributed by atoms with Crippen LogP contribution in [0.5, 0.6) is 0 Å². The summed E-state index contributed by atoms with van der Waals surface area (Å²) in [4.78, 5) is 4.19. The van der Waals surface area contributed by atoms with Crippen molar-refractivity contribution in [3.8, 4) is 0 Å². The summed E-state index contributed by atoms with van der Waals surface area (Å²) in [5.41, 5.74) is 5.57. The molecule has 1 aliphatic heterocycles. The molecule has 4 nitrogen and oxygen atoms in total. The Balaban J connectivity index is 1.99. The summed E-state index contributed by atoms with van der Waals surface area (Å²) in [6.07, 6.45) is 5.10. The third-order valence-electron chi connectivity index (χ3n) is 2.60. The maximum atomic E-state index is 5.57. The van der Waals surface area contributed by atoms with Crippen LogP contribution >= 0.6 is 0 Å². The van der Waals surface area contributed by atoms with Gasteiger partial charge in [-0.15, -0.1) is 0 Å². The Morgan fingerprint density at radius 1 is 1.69 bits per heavy atom. The largest absolute Gasteiger partial charge is 0.334 e. The van der Waals surface area contributed by atoms with Gasteiger partial charge in [-0.2, -0.15) is 0 Å². The van der Waals surface area contributed by atoms with Gasteiger partial charge in [-0.3, -0.25) is 0 Å². The highest BCUT2D eigenvalue weighted by Crippen LogP contribution is 2.11. The summed E-state index contributed by atoms with van der Waals surface area (Å²) in [6, 6.07) is 0. The van der Waals surface area contributed by atoms with Crippen molar-refractivity contribution in [2.75, 3.05) is 13.1 Å². The molecular weight excluding hydrogens is 164 g/mol. The number of hydrogen-bond donors (Lipinski definition) is 2. The molecule has 1 unspecified atom stereocenters. The van der Waals surface area contributed by atoms with Gasteiger partial charge in [0, 0.05) is 18.9 Å². The molecule has 0 amide bonds. The molecule has 1 aromatic rings. The van der Waals surface area contributed by atoms with Crippen molar-refractivity contribution >= 4 is 0 Å². The van der Waals surface area contributed by atoms with E-state index in [4.69, 9.17) is 5.73 Å². The Bertz CT molecular complexity index is 262. The molecule has 0 radical (unpaired) electrons. The highest BCUT2D eigenvalue weighted by Gasteiger charge is 2.15. The number of nitrogens with one attached hydrogen (secondary N) is 1. The number of imidazole rings is 1. The zero-order valence-electron chi connectivity index (χ0n) is 7.74. The van der Waals surface area contributed by atoms with Crippen LogP contribution in [0.3, 0.4) is 0 Å². The molecule has 1 fully saturated rings. The Kier molecular flexibility index (Phi) is 2.61. The van der Waals surface area contributed by atoms with E-state index in [0.717, 1.165) is 31.4 Å². The van der Waals surface area contributed by atoms with Crippen LogP contribution in [0.4, 0.5) is 0 Å². The van der Waals surface area contributed by atoms with Crippen molar-refractivity contribution in [2.24, 2.45) is 11.7 Å². The first-order valence-electron chi connectivity index (χ1n) is 4.81. The third-order valence-corrected chi connectivity index (χ3v) is 2.60. The highest BCUT2D eigenvalue weighted by molar-refractivity contribution is 4.92. The van der Waals surface area contributed by atoms with Gasteiger partial charge in [0.15, 0.2) is 0 Å². The molecular formula is C9H16N4. The molecule has 1 aliphatic rings. The van der Waals surface area contributed by atoms with Crippen LogP contribution in [0.25, 0.3) is 0 Å². The quantitative estimate of drug-likeness (QED) is 0.686. The molecule has 13 heavy (non-hydrogen) atoms. The number of hydrogen-bond acceptors (Lipinski definition) is 3. The minimum absolute atomic E-state index is 0.535. The summed E-state index contributed by atoms with van der Waals surface area (Å²) in [7, 11) is 0. The van der Waals surface area contributed by atoms with Gasteiger partial charge in [-0.1, -0.05) is 0 Å². The van der Waals surface area contributed by atoms with Crippen LogP contribution in [0, 0.1) is 5.92 Å². The van der Waals surface area contributed by atoms with Gasteiger partial charge in [-0.25, -0.2) is 4.98 Å². The summed E-state index contributed by atoms with van der Waals surface area (Å²) in [6.45, 7) is 3.87. The molecule has 1 atom stereocenters. The van der Waals surface area contributed by atoms with Crippen molar-refractivity contribution < 1.29 is 0 Å². The smallest absolute Gasteiger partial charge is 0.122 e. The number of aromatic nitrogens is 2. The maximum Gasteiger partial charge on any atom is 0.122 e. The molecule has 3 N–H and O–H groups in total. The van der Waals surface area contributed by atoms with E-state index in [1.807, 2.05) is 12.4 Å². The SMILES string of the molecule is NCc1nccn1CC1CCNC1. The summed E-state index contributed by atoms with van der Waals surface area (Å²) in [5.74, 6) is 1.74. The predicted molar refractivity (Wildman–Crippen MR) is 51.1 cm³/mol. The average molecular weight is 180 g/mol. The summed E-state index contributed by atoms with van der Waals surface area (Å²) in [5, 5.41) is 3.36. The number of nitrogens with two attached hydrogens (primary N) is 1. The van der Waals surface area contributed by atoms with Gasteiger partial charge in [0.2, 0.25) is 0 Å². The number of rotatable bonds is 3. The minimum atomic E-state index is 0.535. The van der Waals surface area contributed by atoms with Crippen LogP contribution in [0.2, 0.25) is 0 Å². The summed E-state index contributed by atoms with van der Waals surface area (Å²) >= 11 is 0. The first-order valence-corrected chi connectivity index (χ1v) is 4.81. The van der Waals surface area contributed by atoms with Crippen LogP contribution in [-0.4, -0.2) is 22.6 Å². The Labute approximate surface area is 78.1 Å². The van der Waals surface area contributed by atoms with Crippen molar-refractivity contribution in [1.29, 1.82) is 0 Å². The topological polar surface area (TPSA) is 55.9 Å². The van der Waals surface area contributed by atoms with Crippen molar-refractivity contribution in [3.05, 3.63) is 18.2 Å². The highest BCUT2D eigenvalue weighted by atomic mass is 15.1. The molecule has 72 valence electrons. The standard InChI is InChI=1S/C9H16N4/c10-5-9-12-3-4-13(9)7-8-1-2-11-6-8/h3-4,8,11H,1-2,5-7,10H2. The first-order chi connectivity index (χ1) is 6.40. The van der Waals surface area contributed by atoms with Crippen LogP contribution in [0.1, 0.15) is 12.2 Å². The van der Waals surface area contributed by atoms with Crippen LogP contribution in [-0.2, 0) is 13.1 Å². The Hall–Kier alpha value is -0.870. The molecule has 1 aromatic heterocycles. The van der Waals surface area contributed by atoms with E-state index >= 15 is 0 Å². The van der Waals surface area contributed by atoms with E-state index in [1.54, 1.807) is 0 Å². The van der Waals surface area contributed by atoms with E-state index in [1.165, 1.54) is 6.42 Å². The van der Waals surface area contributed by atoms with Gasteiger partial charge < -0.3 is 15.6 Å². The zero-order chi connectivity index (χ0) is 9.10.